The molecule has 0 saturated carbocycles. The van der Waals surface area contributed by atoms with E-state index in [-0.39, 0.29) is 5.91 Å². The van der Waals surface area contributed by atoms with E-state index in [9.17, 15) is 4.79 Å². The molecule has 1 N–H and O–H groups in total. The minimum Gasteiger partial charge on any atom is -0.326 e. The van der Waals surface area contributed by atoms with Crippen molar-refractivity contribution in [1.29, 1.82) is 0 Å². The Kier molecular flexibility index (Phi) is 6.03. The number of likely N-dealkylation sites (N-methyl/N-ethyl adjacent to an activating group) is 1. The molecule has 4 nitrogen and oxygen atoms in total. The van der Waals surface area contributed by atoms with Crippen molar-refractivity contribution in [2.45, 2.75) is 20.3 Å². The van der Waals surface area contributed by atoms with Crippen LogP contribution in [-0.4, -0.2) is 55.0 Å². The first kappa shape index (κ1) is 16.3. The van der Waals surface area contributed by atoms with E-state index in [0.717, 1.165) is 50.5 Å². The number of carbonyl (C=O) groups is 1. The molecule has 21 heavy (non-hydrogen) atoms. The fraction of sp³-hybridized carbons (Fsp3) is 0.562. The number of hydrogen-bond acceptors (Lipinski definition) is 3. The van der Waals surface area contributed by atoms with E-state index < -0.39 is 0 Å². The lowest BCUT2D eigenvalue weighted by Gasteiger charge is -2.33. The second-order valence-corrected chi connectivity index (χ2v) is 5.89. The summed E-state index contributed by atoms with van der Waals surface area (Å²) in [4.78, 5) is 16.8. The summed E-state index contributed by atoms with van der Waals surface area (Å²) >= 11 is 6.06. The molecule has 1 aliphatic rings. The minimum absolute atomic E-state index is 0.0540. The normalized spacial score (nSPS) is 16.9. The number of benzene rings is 1. The summed E-state index contributed by atoms with van der Waals surface area (Å²) < 4.78 is 0. The highest BCUT2D eigenvalue weighted by Crippen LogP contribution is 2.22. The van der Waals surface area contributed by atoms with Crippen LogP contribution in [0.1, 0.15) is 18.9 Å². The van der Waals surface area contributed by atoms with Gasteiger partial charge < -0.3 is 15.1 Å². The van der Waals surface area contributed by atoms with E-state index in [1.165, 1.54) is 0 Å². The number of piperazine rings is 1. The Labute approximate surface area is 132 Å². The van der Waals surface area contributed by atoms with Gasteiger partial charge in [0.2, 0.25) is 5.91 Å². The Morgan fingerprint density at radius 1 is 1.24 bits per heavy atom. The van der Waals surface area contributed by atoms with Gasteiger partial charge in [0.1, 0.15) is 0 Å². The average Bonchev–Trinajstić information content (AvgIpc) is 2.50. The van der Waals surface area contributed by atoms with Crippen LogP contribution in [-0.2, 0) is 4.79 Å². The Bertz CT molecular complexity index is 484. The fourth-order valence-electron chi connectivity index (χ4n) is 2.54. The predicted molar refractivity (Wildman–Crippen MR) is 88.0 cm³/mol. The summed E-state index contributed by atoms with van der Waals surface area (Å²) in [7, 11) is 0. The van der Waals surface area contributed by atoms with Gasteiger partial charge in [-0.05, 0) is 31.2 Å². The highest BCUT2D eigenvalue weighted by molar-refractivity contribution is 6.31. The van der Waals surface area contributed by atoms with Gasteiger partial charge in [0.25, 0.3) is 0 Å². The molecule has 0 radical (unpaired) electrons. The quantitative estimate of drug-likeness (QED) is 0.908. The second kappa shape index (κ2) is 7.78. The van der Waals surface area contributed by atoms with Gasteiger partial charge in [0.05, 0.1) is 0 Å². The maximum atomic E-state index is 12.0. The van der Waals surface area contributed by atoms with Crippen molar-refractivity contribution in [3.05, 3.63) is 28.8 Å². The van der Waals surface area contributed by atoms with Crippen molar-refractivity contribution < 1.29 is 4.79 Å². The van der Waals surface area contributed by atoms with Gasteiger partial charge in [-0.25, -0.2) is 0 Å². The summed E-state index contributed by atoms with van der Waals surface area (Å²) in [5.74, 6) is 0.0540. The number of halogens is 1. The van der Waals surface area contributed by atoms with Gasteiger partial charge in [0, 0.05) is 49.9 Å². The van der Waals surface area contributed by atoms with Crippen molar-refractivity contribution in [2.24, 2.45) is 0 Å². The van der Waals surface area contributed by atoms with Crippen LogP contribution in [0.4, 0.5) is 5.69 Å². The van der Waals surface area contributed by atoms with Crippen LogP contribution in [0.25, 0.3) is 0 Å². The van der Waals surface area contributed by atoms with Crippen molar-refractivity contribution in [2.75, 3.05) is 44.6 Å². The molecule has 0 aromatic heterocycles. The maximum Gasteiger partial charge on any atom is 0.225 e. The Morgan fingerprint density at radius 3 is 2.57 bits per heavy atom. The SMILES string of the molecule is CCN1CCN(CCC(=O)Nc2cccc(Cl)c2C)CC1. The number of nitrogens with zero attached hydrogens (tertiary/aromatic N) is 2. The molecule has 1 aliphatic heterocycles. The summed E-state index contributed by atoms with van der Waals surface area (Å²) in [5.41, 5.74) is 1.73. The number of nitrogens with one attached hydrogen (secondary N) is 1. The Balaban J connectivity index is 1.76. The van der Waals surface area contributed by atoms with E-state index in [1.54, 1.807) is 0 Å². The van der Waals surface area contributed by atoms with Crippen molar-refractivity contribution in [3.63, 3.8) is 0 Å². The molecule has 1 saturated heterocycles. The molecular weight excluding hydrogens is 286 g/mol. The van der Waals surface area contributed by atoms with E-state index in [2.05, 4.69) is 22.0 Å². The van der Waals surface area contributed by atoms with Crippen molar-refractivity contribution in [1.82, 2.24) is 9.80 Å². The molecule has 2 rings (SSSR count). The second-order valence-electron chi connectivity index (χ2n) is 5.49. The zero-order valence-electron chi connectivity index (χ0n) is 12.9. The highest BCUT2D eigenvalue weighted by Gasteiger charge is 2.16. The molecule has 1 heterocycles. The predicted octanol–water partition coefficient (Wildman–Crippen LogP) is 2.61. The van der Waals surface area contributed by atoms with Crippen LogP contribution in [0.3, 0.4) is 0 Å². The molecule has 0 unspecified atom stereocenters. The molecule has 5 heteroatoms. The molecule has 0 aliphatic carbocycles. The van der Waals surface area contributed by atoms with Crippen molar-refractivity contribution in [3.8, 4) is 0 Å². The van der Waals surface area contributed by atoms with Crippen LogP contribution in [0.2, 0.25) is 5.02 Å². The number of amides is 1. The smallest absolute Gasteiger partial charge is 0.225 e. The number of rotatable bonds is 5. The van der Waals surface area contributed by atoms with Gasteiger partial charge >= 0.3 is 0 Å². The van der Waals surface area contributed by atoms with E-state index in [4.69, 9.17) is 11.6 Å². The molecule has 0 bridgehead atoms. The first-order chi connectivity index (χ1) is 10.1. The Morgan fingerprint density at radius 2 is 1.90 bits per heavy atom. The third-order valence-corrected chi connectivity index (χ3v) is 4.52. The minimum atomic E-state index is 0.0540. The third kappa shape index (κ3) is 4.70. The summed E-state index contributed by atoms with van der Waals surface area (Å²) in [5, 5.41) is 3.63. The molecular formula is C16H24ClN3O. The lowest BCUT2D eigenvalue weighted by Crippen LogP contribution is -2.46. The topological polar surface area (TPSA) is 35.6 Å². The first-order valence-corrected chi connectivity index (χ1v) is 7.97. The largest absolute Gasteiger partial charge is 0.326 e. The van der Waals surface area contributed by atoms with Gasteiger partial charge in [0.15, 0.2) is 0 Å². The third-order valence-electron chi connectivity index (χ3n) is 4.11. The van der Waals surface area contributed by atoms with Gasteiger partial charge in [-0.3, -0.25) is 4.79 Å². The lowest BCUT2D eigenvalue weighted by molar-refractivity contribution is -0.116. The molecule has 116 valence electrons. The monoisotopic (exact) mass is 309 g/mol. The highest BCUT2D eigenvalue weighted by atomic mass is 35.5. The zero-order chi connectivity index (χ0) is 15.2. The first-order valence-electron chi connectivity index (χ1n) is 7.60. The van der Waals surface area contributed by atoms with Gasteiger partial charge in [-0.2, -0.15) is 0 Å². The van der Waals surface area contributed by atoms with Crippen LogP contribution in [0, 0.1) is 6.92 Å². The molecule has 1 aromatic rings. The van der Waals surface area contributed by atoms with E-state index >= 15 is 0 Å². The molecule has 0 atom stereocenters. The van der Waals surface area contributed by atoms with E-state index in [1.807, 2.05) is 25.1 Å². The van der Waals surface area contributed by atoms with Gasteiger partial charge in [-0.15, -0.1) is 0 Å². The number of anilines is 1. The number of carbonyl (C=O) groups excluding carboxylic acids is 1. The summed E-state index contributed by atoms with van der Waals surface area (Å²) in [6, 6.07) is 5.58. The van der Waals surface area contributed by atoms with Gasteiger partial charge in [-0.1, -0.05) is 24.6 Å². The van der Waals surface area contributed by atoms with Crippen LogP contribution in [0.5, 0.6) is 0 Å². The zero-order valence-corrected chi connectivity index (χ0v) is 13.6. The molecule has 1 aromatic carbocycles. The molecule has 1 amide bonds. The summed E-state index contributed by atoms with van der Waals surface area (Å²) in [6.07, 6.45) is 0.526. The summed E-state index contributed by atoms with van der Waals surface area (Å²) in [6.45, 7) is 10.4. The fourth-order valence-corrected chi connectivity index (χ4v) is 2.72. The average molecular weight is 310 g/mol. The van der Waals surface area contributed by atoms with E-state index in [0.29, 0.717) is 11.4 Å². The number of hydrogen-bond donors (Lipinski definition) is 1. The molecule has 1 fully saturated rings. The molecule has 0 spiro atoms. The standard InChI is InChI=1S/C16H24ClN3O/c1-3-19-9-11-20(12-10-19)8-7-16(21)18-15-6-4-5-14(17)13(15)2/h4-6H,3,7-12H2,1-2H3,(H,18,21). The lowest BCUT2D eigenvalue weighted by atomic mass is 10.2. The van der Waals surface area contributed by atoms with Crippen molar-refractivity contribution >= 4 is 23.2 Å². The maximum absolute atomic E-state index is 12.0. The Hall–Kier alpha value is -1.10. The van der Waals surface area contributed by atoms with Crippen LogP contribution < -0.4 is 5.32 Å². The van der Waals surface area contributed by atoms with Crippen LogP contribution in [0.15, 0.2) is 18.2 Å². The van der Waals surface area contributed by atoms with Crippen LogP contribution >= 0.6 is 11.6 Å².